The van der Waals surface area contributed by atoms with Gasteiger partial charge in [0.05, 0.1) is 5.56 Å². The third-order valence-electron chi connectivity index (χ3n) is 5.32. The van der Waals surface area contributed by atoms with E-state index in [4.69, 9.17) is 20.2 Å². The first kappa shape index (κ1) is 23.9. The van der Waals surface area contributed by atoms with Crippen molar-refractivity contribution in [2.45, 2.75) is 33.0 Å². The van der Waals surface area contributed by atoms with Crippen molar-refractivity contribution >= 4 is 35.6 Å². The predicted molar refractivity (Wildman–Crippen MR) is 130 cm³/mol. The first-order valence-electron chi connectivity index (χ1n) is 10.9. The molecule has 1 atom stereocenters. The number of imide groups is 1. The van der Waals surface area contributed by atoms with Crippen molar-refractivity contribution < 1.29 is 28.9 Å². The fourth-order valence-electron chi connectivity index (χ4n) is 3.57. The number of ketones is 1. The minimum absolute atomic E-state index is 0.0608. The molecule has 2 heterocycles. The number of hydrogen-bond donors (Lipinski definition) is 2. The molecule has 0 bridgehead atoms. The van der Waals surface area contributed by atoms with Gasteiger partial charge in [-0.1, -0.05) is 34.8 Å². The second-order valence-electron chi connectivity index (χ2n) is 9.03. The van der Waals surface area contributed by atoms with Crippen molar-refractivity contribution in [3.8, 4) is 0 Å². The predicted octanol–water partition coefficient (Wildman–Crippen LogP) is 5.32. The summed E-state index contributed by atoms with van der Waals surface area (Å²) in [4.78, 5) is 52.9. The molecule has 1 aliphatic rings. The monoisotopic (exact) mass is 476 g/mol. The lowest BCUT2D eigenvalue weighted by atomic mass is 10.0. The van der Waals surface area contributed by atoms with E-state index in [0.717, 1.165) is 5.56 Å². The number of nitrogen functional groups attached to an aromatic ring is 1. The zero-order chi connectivity index (χ0) is 25.2. The minimum Gasteiger partial charge on any atom is -0.414 e. The molecule has 0 fully saturated rings. The molecule has 1 aliphatic heterocycles. The molecule has 1 unspecified atom stereocenters. The summed E-state index contributed by atoms with van der Waals surface area (Å²) < 4.78 is 4.47. The van der Waals surface area contributed by atoms with E-state index in [0.29, 0.717) is 5.56 Å². The Balaban J connectivity index is 1.72. The Bertz CT molecular complexity index is 1310. The van der Waals surface area contributed by atoms with Gasteiger partial charge in [0.15, 0.2) is 11.5 Å². The maximum absolute atomic E-state index is 13.5. The molecule has 35 heavy (non-hydrogen) atoms. The molecule has 2 aromatic carbocycles. The van der Waals surface area contributed by atoms with E-state index in [1.54, 1.807) is 63.4 Å². The SMILES string of the molecule is CC(C)(C)OOC(=O)[N+]1(C(=O)OCc2ccccc2)C=Cc2ccc(C(=O)c3cc[nH]c3N)cc21. The fraction of sp³-hybridized carbons (Fsp3) is 0.192. The van der Waals surface area contributed by atoms with Crippen molar-refractivity contribution in [3.05, 3.63) is 89.2 Å². The van der Waals surface area contributed by atoms with Gasteiger partial charge in [-0.3, -0.25) is 4.79 Å². The number of aromatic nitrogens is 1. The fourth-order valence-corrected chi connectivity index (χ4v) is 3.57. The summed E-state index contributed by atoms with van der Waals surface area (Å²) in [6.07, 6.45) is 2.57. The molecular formula is C26H26N3O6+. The second kappa shape index (κ2) is 9.21. The largest absolute Gasteiger partial charge is 0.568 e. The van der Waals surface area contributed by atoms with Crippen LogP contribution in [-0.2, 0) is 21.1 Å². The van der Waals surface area contributed by atoms with Crippen LogP contribution in [0.25, 0.3) is 6.08 Å². The lowest BCUT2D eigenvalue weighted by molar-refractivity contribution is -0.303. The van der Waals surface area contributed by atoms with E-state index >= 15 is 0 Å². The number of rotatable bonds is 5. The zero-order valence-corrected chi connectivity index (χ0v) is 19.6. The Hall–Kier alpha value is -4.21. The highest BCUT2D eigenvalue weighted by Gasteiger charge is 2.55. The normalized spacial score (nSPS) is 16.5. The Labute approximate surface area is 202 Å². The highest BCUT2D eigenvalue weighted by molar-refractivity contribution is 6.14. The third-order valence-corrected chi connectivity index (χ3v) is 5.32. The number of carbonyl (C=O) groups excluding carboxylic acids is 3. The van der Waals surface area contributed by atoms with E-state index in [1.807, 2.05) is 18.2 Å². The van der Waals surface area contributed by atoms with Crippen LogP contribution in [0.15, 0.2) is 67.0 Å². The first-order valence-corrected chi connectivity index (χ1v) is 10.9. The summed E-state index contributed by atoms with van der Waals surface area (Å²) in [5.41, 5.74) is 7.05. The summed E-state index contributed by atoms with van der Waals surface area (Å²) in [7, 11) is 0. The molecule has 0 saturated heterocycles. The van der Waals surface area contributed by atoms with Crippen LogP contribution >= 0.6 is 0 Å². The van der Waals surface area contributed by atoms with Gasteiger partial charge in [-0.2, -0.15) is 14.5 Å². The number of ether oxygens (including phenoxy) is 1. The number of fused-ring (bicyclic) bond motifs is 1. The lowest BCUT2D eigenvalue weighted by Crippen LogP contribution is -2.54. The van der Waals surface area contributed by atoms with Gasteiger partial charge in [-0.25, -0.2) is 4.89 Å². The molecule has 1 aromatic heterocycles. The first-order chi connectivity index (χ1) is 16.6. The van der Waals surface area contributed by atoms with Crippen LogP contribution in [0.2, 0.25) is 0 Å². The molecule has 3 N–H and O–H groups in total. The number of aromatic amines is 1. The van der Waals surface area contributed by atoms with Gasteiger partial charge >= 0.3 is 12.2 Å². The molecule has 0 saturated carbocycles. The van der Waals surface area contributed by atoms with Crippen LogP contribution in [0, 0.1) is 0 Å². The summed E-state index contributed by atoms with van der Waals surface area (Å²) >= 11 is 0. The highest BCUT2D eigenvalue weighted by Crippen LogP contribution is 2.39. The maximum Gasteiger partial charge on any atom is 0.568 e. The van der Waals surface area contributed by atoms with Crippen LogP contribution in [0.5, 0.6) is 0 Å². The third kappa shape index (κ3) is 4.72. The van der Waals surface area contributed by atoms with Crippen LogP contribution in [0.1, 0.15) is 47.8 Å². The summed E-state index contributed by atoms with van der Waals surface area (Å²) in [5.74, 6) is -0.150. The Morgan fingerprint density at radius 3 is 2.40 bits per heavy atom. The number of nitrogens with zero attached hydrogens (tertiary/aromatic N) is 1. The molecule has 3 aromatic rings. The van der Waals surface area contributed by atoms with Gasteiger partial charge in [0, 0.05) is 29.5 Å². The number of carbonyl (C=O) groups is 3. The quantitative estimate of drug-likeness (QED) is 0.221. The summed E-state index contributed by atoms with van der Waals surface area (Å²) in [6, 6.07) is 15.3. The minimum atomic E-state index is -1.07. The Morgan fingerprint density at radius 1 is 1.00 bits per heavy atom. The van der Waals surface area contributed by atoms with E-state index in [1.165, 1.54) is 12.3 Å². The molecule has 9 nitrogen and oxygen atoms in total. The molecule has 4 rings (SSSR count). The van der Waals surface area contributed by atoms with E-state index in [2.05, 4.69) is 4.98 Å². The highest BCUT2D eigenvalue weighted by atomic mass is 17.2. The van der Waals surface area contributed by atoms with Gasteiger partial charge in [-0.15, -0.1) is 0 Å². The molecular weight excluding hydrogens is 450 g/mol. The number of anilines is 1. The van der Waals surface area contributed by atoms with E-state index < -0.39 is 22.3 Å². The number of nitrogens with two attached hydrogens (primary N) is 1. The molecule has 0 aliphatic carbocycles. The topological polar surface area (TPSA) is 121 Å². The second-order valence-corrected chi connectivity index (χ2v) is 9.03. The number of quaternary nitrogens is 1. The average molecular weight is 477 g/mol. The number of amides is 2. The summed E-state index contributed by atoms with van der Waals surface area (Å²) in [6.45, 7) is 5.03. The summed E-state index contributed by atoms with van der Waals surface area (Å²) in [5, 5.41) is 0. The zero-order valence-electron chi connectivity index (χ0n) is 19.6. The lowest BCUT2D eigenvalue weighted by Gasteiger charge is -2.25. The van der Waals surface area contributed by atoms with Crippen molar-refractivity contribution in [1.29, 1.82) is 0 Å². The Morgan fingerprint density at radius 2 is 1.74 bits per heavy atom. The van der Waals surface area contributed by atoms with E-state index in [-0.39, 0.29) is 35.0 Å². The van der Waals surface area contributed by atoms with Crippen LogP contribution < -0.4 is 10.2 Å². The van der Waals surface area contributed by atoms with Crippen LogP contribution in [0.3, 0.4) is 0 Å². The Kier molecular flexibility index (Phi) is 6.29. The number of benzene rings is 2. The van der Waals surface area contributed by atoms with Crippen molar-refractivity contribution in [1.82, 2.24) is 9.47 Å². The number of nitrogens with one attached hydrogen (secondary N) is 1. The number of hydrogen-bond acceptors (Lipinski definition) is 7. The van der Waals surface area contributed by atoms with Crippen LogP contribution in [0.4, 0.5) is 21.1 Å². The molecule has 0 spiro atoms. The van der Waals surface area contributed by atoms with Gasteiger partial charge in [0.1, 0.15) is 24.2 Å². The molecule has 180 valence electrons. The van der Waals surface area contributed by atoms with Gasteiger partial charge < -0.3 is 15.5 Å². The van der Waals surface area contributed by atoms with Gasteiger partial charge in [0.2, 0.25) is 0 Å². The van der Waals surface area contributed by atoms with Crippen molar-refractivity contribution in [2.24, 2.45) is 0 Å². The smallest absolute Gasteiger partial charge is 0.414 e. The molecule has 0 radical (unpaired) electrons. The van der Waals surface area contributed by atoms with Crippen LogP contribution in [-0.4, -0.2) is 28.6 Å². The number of H-pyrrole nitrogens is 1. The van der Waals surface area contributed by atoms with E-state index in [9.17, 15) is 14.4 Å². The maximum atomic E-state index is 13.5. The van der Waals surface area contributed by atoms with Crippen molar-refractivity contribution in [2.75, 3.05) is 5.73 Å². The average Bonchev–Trinajstić information content (AvgIpc) is 3.44. The van der Waals surface area contributed by atoms with Gasteiger partial charge in [-0.05, 0) is 44.5 Å². The van der Waals surface area contributed by atoms with Crippen molar-refractivity contribution in [3.63, 3.8) is 0 Å². The standard InChI is InChI=1S/C26H25N3O6/c1-26(2,3)35-34-25(32)29(24(31)33-16-17-7-5-4-6-8-17)14-12-18-9-10-19(15-21(18)29)22(30)20-11-13-28-23(20)27/h4-15H,16H2,1-3H3,(H2-,27,28,30)/p+1. The molecule has 9 heteroatoms. The molecule has 2 amide bonds. The van der Waals surface area contributed by atoms with Gasteiger partial charge in [0.25, 0.3) is 0 Å².